The van der Waals surface area contributed by atoms with Crippen molar-refractivity contribution in [2.24, 2.45) is 0 Å². The van der Waals surface area contributed by atoms with E-state index < -0.39 is 41.3 Å². The number of nitrogens with one attached hydrogen (secondary N) is 1. The van der Waals surface area contributed by atoms with Crippen molar-refractivity contribution in [2.75, 3.05) is 26.2 Å². The summed E-state index contributed by atoms with van der Waals surface area (Å²) in [5, 5.41) is 2.98. The molecule has 1 unspecified atom stereocenters. The Kier molecular flexibility index (Phi) is 13.3. The molecule has 11 heteroatoms. The standard InChI is InChI=1S/C40H50F2N4O5/c1-7-14-44(15-8-2)37(48)31-19-27(3)18-30(23-31)36(47)43-34(22-29-20-32(41)24-33(42)21-29)25-35-38(49)45(26-28-12-10-9-11-13-28)16-17-46(35)39(50)51-40(4,5)6/h9-13,18-21,23-24,34-35H,7-8,14-17,22,25-26H2,1-6H3,(H,43,47)/t34-,35?/m0/s1. The largest absolute Gasteiger partial charge is 0.444 e. The molecule has 2 atom stereocenters. The van der Waals surface area contributed by atoms with Crippen LogP contribution in [0.15, 0.2) is 66.7 Å². The van der Waals surface area contributed by atoms with E-state index >= 15 is 0 Å². The summed E-state index contributed by atoms with van der Waals surface area (Å²) < 4.78 is 34.4. The van der Waals surface area contributed by atoms with Crippen molar-refractivity contribution in [1.29, 1.82) is 0 Å². The minimum atomic E-state index is -1.05. The van der Waals surface area contributed by atoms with Crippen LogP contribution >= 0.6 is 0 Å². The molecule has 1 heterocycles. The Labute approximate surface area is 299 Å². The zero-order valence-corrected chi connectivity index (χ0v) is 30.5. The van der Waals surface area contributed by atoms with Crippen LogP contribution in [0.25, 0.3) is 0 Å². The number of piperazine rings is 1. The number of ether oxygens (including phenoxy) is 1. The zero-order chi connectivity index (χ0) is 37.3. The summed E-state index contributed by atoms with van der Waals surface area (Å²) in [6.07, 6.45) is 0.800. The van der Waals surface area contributed by atoms with Crippen molar-refractivity contribution >= 4 is 23.8 Å². The summed E-state index contributed by atoms with van der Waals surface area (Å²) in [4.78, 5) is 60.0. The van der Waals surface area contributed by atoms with Crippen LogP contribution in [0.3, 0.4) is 0 Å². The van der Waals surface area contributed by atoms with Crippen LogP contribution in [0.4, 0.5) is 13.6 Å². The first-order valence-electron chi connectivity index (χ1n) is 17.7. The van der Waals surface area contributed by atoms with E-state index in [-0.39, 0.29) is 48.9 Å². The molecule has 1 saturated heterocycles. The second-order valence-electron chi connectivity index (χ2n) is 14.2. The molecule has 0 saturated carbocycles. The Hall–Kier alpha value is -4.80. The topological polar surface area (TPSA) is 99.3 Å². The fraction of sp³-hybridized carbons (Fsp3) is 0.450. The zero-order valence-electron chi connectivity index (χ0n) is 30.5. The van der Waals surface area contributed by atoms with Crippen LogP contribution in [-0.2, 0) is 22.5 Å². The van der Waals surface area contributed by atoms with Gasteiger partial charge >= 0.3 is 6.09 Å². The third-order valence-corrected chi connectivity index (χ3v) is 8.54. The molecule has 3 aromatic rings. The number of benzene rings is 3. The lowest BCUT2D eigenvalue weighted by Crippen LogP contribution is -2.60. The second kappa shape index (κ2) is 17.4. The normalized spacial score (nSPS) is 15.4. The van der Waals surface area contributed by atoms with E-state index in [4.69, 9.17) is 4.74 Å². The van der Waals surface area contributed by atoms with Crippen molar-refractivity contribution in [3.63, 3.8) is 0 Å². The summed E-state index contributed by atoms with van der Waals surface area (Å²) in [6.45, 7) is 12.9. The van der Waals surface area contributed by atoms with Gasteiger partial charge in [-0.25, -0.2) is 13.6 Å². The number of hydrogen-bond acceptors (Lipinski definition) is 5. The van der Waals surface area contributed by atoms with E-state index in [0.29, 0.717) is 30.8 Å². The van der Waals surface area contributed by atoms with Gasteiger partial charge in [-0.05, 0) is 100 Å². The first kappa shape index (κ1) is 39.0. The molecule has 0 aliphatic carbocycles. The molecule has 1 aliphatic rings. The lowest BCUT2D eigenvalue weighted by Gasteiger charge is -2.42. The van der Waals surface area contributed by atoms with Crippen molar-refractivity contribution in [1.82, 2.24) is 20.0 Å². The van der Waals surface area contributed by atoms with E-state index in [9.17, 15) is 28.0 Å². The summed E-state index contributed by atoms with van der Waals surface area (Å²) >= 11 is 0. The smallest absolute Gasteiger partial charge is 0.411 e. The summed E-state index contributed by atoms with van der Waals surface area (Å²) in [7, 11) is 0. The predicted molar refractivity (Wildman–Crippen MR) is 192 cm³/mol. The predicted octanol–water partition coefficient (Wildman–Crippen LogP) is 6.91. The molecule has 0 aromatic heterocycles. The van der Waals surface area contributed by atoms with E-state index in [1.807, 2.05) is 44.2 Å². The maximum absolute atomic E-state index is 14.4. The van der Waals surface area contributed by atoms with E-state index in [2.05, 4.69) is 5.32 Å². The van der Waals surface area contributed by atoms with Crippen LogP contribution in [-0.4, -0.2) is 82.4 Å². The van der Waals surface area contributed by atoms with Gasteiger partial charge in [-0.3, -0.25) is 19.3 Å². The lowest BCUT2D eigenvalue weighted by molar-refractivity contribution is -0.142. The van der Waals surface area contributed by atoms with Crippen molar-refractivity contribution < 1.29 is 32.7 Å². The molecule has 0 spiro atoms. The van der Waals surface area contributed by atoms with Gasteiger partial charge in [0, 0.05) is 56.0 Å². The molecule has 1 aliphatic heterocycles. The third kappa shape index (κ3) is 11.1. The molecule has 9 nitrogen and oxygen atoms in total. The Morgan fingerprint density at radius 3 is 2.14 bits per heavy atom. The SMILES string of the molecule is CCCN(CCC)C(=O)c1cc(C)cc(C(=O)N[C@@H](Cc2cc(F)cc(F)c2)CC2C(=O)N(Cc3ccccc3)CCN2C(=O)OC(C)(C)C)c1. The average Bonchev–Trinajstić information content (AvgIpc) is 3.05. The Bertz CT molecular complexity index is 1670. The van der Waals surface area contributed by atoms with E-state index in [1.165, 1.54) is 17.0 Å². The average molecular weight is 705 g/mol. The number of carbonyl (C=O) groups is 4. The van der Waals surface area contributed by atoms with Gasteiger partial charge in [0.05, 0.1) is 0 Å². The van der Waals surface area contributed by atoms with Gasteiger partial charge in [-0.2, -0.15) is 0 Å². The van der Waals surface area contributed by atoms with Crippen LogP contribution in [0.1, 0.15) is 91.3 Å². The van der Waals surface area contributed by atoms with Gasteiger partial charge in [-0.1, -0.05) is 44.2 Å². The van der Waals surface area contributed by atoms with Crippen molar-refractivity contribution in [3.8, 4) is 0 Å². The number of hydrogen-bond donors (Lipinski definition) is 1. The Morgan fingerprint density at radius 1 is 0.902 bits per heavy atom. The number of rotatable bonds is 13. The lowest BCUT2D eigenvalue weighted by atomic mass is 9.95. The number of halogens is 2. The van der Waals surface area contributed by atoms with Crippen LogP contribution in [0, 0.1) is 18.6 Å². The third-order valence-electron chi connectivity index (χ3n) is 8.54. The number of amides is 4. The summed E-state index contributed by atoms with van der Waals surface area (Å²) in [5.74, 6) is -2.60. The van der Waals surface area contributed by atoms with E-state index in [0.717, 1.165) is 24.5 Å². The van der Waals surface area contributed by atoms with Gasteiger partial charge in [0.15, 0.2) is 0 Å². The molecular formula is C40H50F2N4O5. The molecule has 3 aromatic carbocycles. The van der Waals surface area contributed by atoms with Gasteiger partial charge in [-0.15, -0.1) is 0 Å². The molecule has 274 valence electrons. The first-order valence-corrected chi connectivity index (χ1v) is 17.7. The van der Waals surface area contributed by atoms with Crippen molar-refractivity contribution in [3.05, 3.63) is 106 Å². The minimum Gasteiger partial charge on any atom is -0.444 e. The molecular weight excluding hydrogens is 654 g/mol. The maximum atomic E-state index is 14.4. The van der Waals surface area contributed by atoms with Crippen LogP contribution in [0.2, 0.25) is 0 Å². The highest BCUT2D eigenvalue weighted by atomic mass is 19.1. The van der Waals surface area contributed by atoms with Crippen LogP contribution < -0.4 is 5.32 Å². The van der Waals surface area contributed by atoms with Crippen LogP contribution in [0.5, 0.6) is 0 Å². The number of nitrogens with zero attached hydrogens (tertiary/aromatic N) is 3. The highest BCUT2D eigenvalue weighted by molar-refractivity contribution is 6.00. The molecule has 0 radical (unpaired) electrons. The molecule has 0 bridgehead atoms. The highest BCUT2D eigenvalue weighted by Gasteiger charge is 2.41. The second-order valence-corrected chi connectivity index (χ2v) is 14.2. The van der Waals surface area contributed by atoms with Gasteiger partial charge < -0.3 is 19.9 Å². The quantitative estimate of drug-likeness (QED) is 0.209. The molecule has 1 fully saturated rings. The number of carbonyl (C=O) groups excluding carboxylic acids is 4. The van der Waals surface area contributed by atoms with Gasteiger partial charge in [0.25, 0.3) is 11.8 Å². The molecule has 51 heavy (non-hydrogen) atoms. The summed E-state index contributed by atoms with van der Waals surface area (Å²) in [6, 6.07) is 15.6. The Morgan fingerprint density at radius 2 is 1.53 bits per heavy atom. The number of aryl methyl sites for hydroxylation is 1. The first-order chi connectivity index (χ1) is 24.2. The fourth-order valence-corrected chi connectivity index (χ4v) is 6.39. The molecule has 4 rings (SSSR count). The van der Waals surface area contributed by atoms with Gasteiger partial charge in [0.2, 0.25) is 5.91 Å². The Balaban J connectivity index is 1.69. The summed E-state index contributed by atoms with van der Waals surface area (Å²) in [5.41, 5.74) is 1.66. The molecule has 4 amide bonds. The monoisotopic (exact) mass is 704 g/mol. The fourth-order valence-electron chi connectivity index (χ4n) is 6.39. The minimum absolute atomic E-state index is 0.0383. The molecule has 1 N–H and O–H groups in total. The van der Waals surface area contributed by atoms with Gasteiger partial charge in [0.1, 0.15) is 23.3 Å². The van der Waals surface area contributed by atoms with Crippen molar-refractivity contribution in [2.45, 2.75) is 91.5 Å². The maximum Gasteiger partial charge on any atom is 0.411 e. The highest BCUT2D eigenvalue weighted by Crippen LogP contribution is 2.24. The van der Waals surface area contributed by atoms with E-state index in [1.54, 1.807) is 55.7 Å².